The zero-order valence-electron chi connectivity index (χ0n) is 23.8. The number of carbonyl (C=O) groups excluding carboxylic acids is 2. The zero-order chi connectivity index (χ0) is 30.2. The van der Waals surface area contributed by atoms with Gasteiger partial charge >= 0.3 is 5.97 Å². The molecule has 0 fully saturated rings. The predicted molar refractivity (Wildman–Crippen MR) is 154 cm³/mol. The van der Waals surface area contributed by atoms with Crippen LogP contribution in [0.5, 0.6) is 11.5 Å². The number of nitrogens with zero attached hydrogens (tertiary/aromatic N) is 1. The van der Waals surface area contributed by atoms with E-state index in [-0.39, 0.29) is 17.1 Å². The molecule has 0 saturated carbocycles. The molecular formula is C34H32FNO5. The maximum Gasteiger partial charge on any atom is 0.343 e. The fraction of sp³-hybridized carbons (Fsp3) is 0.265. The van der Waals surface area contributed by atoms with Crippen LogP contribution in [0.4, 0.5) is 4.39 Å². The van der Waals surface area contributed by atoms with Gasteiger partial charge in [0.1, 0.15) is 17.0 Å². The molecule has 0 bridgehead atoms. The van der Waals surface area contributed by atoms with Gasteiger partial charge in [-0.25, -0.2) is 9.18 Å². The topological polar surface area (TPSA) is 85.6 Å². The highest BCUT2D eigenvalue weighted by molar-refractivity contribution is 6.00. The molecule has 41 heavy (non-hydrogen) atoms. The summed E-state index contributed by atoms with van der Waals surface area (Å²) in [7, 11) is 0. The molecule has 0 aliphatic heterocycles. The summed E-state index contributed by atoms with van der Waals surface area (Å²) in [5, 5.41) is 8.87. The van der Waals surface area contributed by atoms with E-state index in [4.69, 9.17) is 19.5 Å². The molecule has 0 amide bonds. The van der Waals surface area contributed by atoms with Crippen LogP contribution in [-0.2, 0) is 9.53 Å². The van der Waals surface area contributed by atoms with E-state index in [0.717, 1.165) is 0 Å². The molecule has 0 unspecified atom stereocenters. The van der Waals surface area contributed by atoms with Crippen molar-refractivity contribution in [2.75, 3.05) is 6.61 Å². The number of halogens is 1. The Morgan fingerprint density at radius 3 is 2.07 bits per heavy atom. The number of esters is 1. The number of carbonyl (C=O) groups is 2. The largest absolute Gasteiger partial charge is 0.488 e. The SMILES string of the molecule is C=C(C)C(=O)C(C)(C)OCCC(C)(C)Oc1ccc(C(=O)Oc2ccc(C#Cc3ccc(C#N)cc3)cc2F)cc1. The van der Waals surface area contributed by atoms with Crippen molar-refractivity contribution in [3.8, 4) is 29.4 Å². The summed E-state index contributed by atoms with van der Waals surface area (Å²) in [5.74, 6) is 4.48. The molecular weight excluding hydrogens is 521 g/mol. The fourth-order valence-corrected chi connectivity index (χ4v) is 3.75. The molecule has 0 aromatic heterocycles. The summed E-state index contributed by atoms with van der Waals surface area (Å²) in [4.78, 5) is 24.8. The molecule has 3 aromatic rings. The van der Waals surface area contributed by atoms with Gasteiger partial charge in [0.25, 0.3) is 0 Å². The van der Waals surface area contributed by atoms with Crippen LogP contribution in [-0.4, -0.2) is 29.6 Å². The number of hydrogen-bond acceptors (Lipinski definition) is 6. The number of Topliss-reactive ketones (excluding diaryl/α,β-unsaturated/α-hetero) is 1. The summed E-state index contributed by atoms with van der Waals surface area (Å²) in [6, 6.07) is 19.2. The van der Waals surface area contributed by atoms with Gasteiger partial charge in [-0.2, -0.15) is 5.26 Å². The number of benzene rings is 3. The van der Waals surface area contributed by atoms with E-state index in [2.05, 4.69) is 18.4 Å². The number of ether oxygens (including phenoxy) is 3. The first kappa shape index (κ1) is 30.8. The van der Waals surface area contributed by atoms with Gasteiger partial charge in [0.2, 0.25) is 0 Å². The lowest BCUT2D eigenvalue weighted by atomic mass is 9.98. The Balaban J connectivity index is 1.56. The van der Waals surface area contributed by atoms with Crippen molar-refractivity contribution in [2.24, 2.45) is 0 Å². The summed E-state index contributed by atoms with van der Waals surface area (Å²) < 4.78 is 31.7. The molecule has 0 aliphatic rings. The maximum atomic E-state index is 14.6. The van der Waals surface area contributed by atoms with Gasteiger partial charge in [0.15, 0.2) is 17.3 Å². The van der Waals surface area contributed by atoms with Crippen LogP contribution < -0.4 is 9.47 Å². The Morgan fingerprint density at radius 1 is 0.902 bits per heavy atom. The lowest BCUT2D eigenvalue weighted by Crippen LogP contribution is -2.38. The van der Waals surface area contributed by atoms with Gasteiger partial charge in [0.05, 0.1) is 23.8 Å². The highest BCUT2D eigenvalue weighted by Gasteiger charge is 2.30. The van der Waals surface area contributed by atoms with Crippen molar-refractivity contribution >= 4 is 11.8 Å². The molecule has 0 radical (unpaired) electrons. The van der Waals surface area contributed by atoms with Crippen LogP contribution >= 0.6 is 0 Å². The second-order valence-corrected chi connectivity index (χ2v) is 10.6. The van der Waals surface area contributed by atoms with E-state index in [1.165, 1.54) is 24.3 Å². The highest BCUT2D eigenvalue weighted by atomic mass is 19.1. The van der Waals surface area contributed by atoms with Crippen LogP contribution in [0.3, 0.4) is 0 Å². The van der Waals surface area contributed by atoms with Gasteiger partial charge in [-0.3, -0.25) is 4.79 Å². The first-order valence-corrected chi connectivity index (χ1v) is 13.0. The molecule has 7 heteroatoms. The molecule has 3 aromatic carbocycles. The molecule has 0 N–H and O–H groups in total. The monoisotopic (exact) mass is 553 g/mol. The second-order valence-electron chi connectivity index (χ2n) is 10.6. The van der Waals surface area contributed by atoms with E-state index in [1.807, 2.05) is 19.9 Å². The van der Waals surface area contributed by atoms with Crippen LogP contribution in [0.25, 0.3) is 0 Å². The average molecular weight is 554 g/mol. The first-order valence-electron chi connectivity index (χ1n) is 13.0. The third-order valence-electron chi connectivity index (χ3n) is 6.09. The van der Waals surface area contributed by atoms with E-state index in [9.17, 15) is 14.0 Å². The van der Waals surface area contributed by atoms with Gasteiger partial charge in [-0.05, 0) is 107 Å². The van der Waals surface area contributed by atoms with Gasteiger partial charge in [-0.1, -0.05) is 18.4 Å². The lowest BCUT2D eigenvalue weighted by molar-refractivity contribution is -0.137. The first-order chi connectivity index (χ1) is 19.3. The molecule has 3 rings (SSSR count). The number of nitriles is 1. The normalized spacial score (nSPS) is 11.0. The second kappa shape index (κ2) is 13.1. The van der Waals surface area contributed by atoms with E-state index in [0.29, 0.717) is 41.0 Å². The van der Waals surface area contributed by atoms with Crippen LogP contribution in [0, 0.1) is 29.0 Å². The number of rotatable bonds is 10. The molecule has 0 saturated heterocycles. The Kier molecular flexibility index (Phi) is 9.84. The Bertz CT molecular complexity index is 1540. The van der Waals surface area contributed by atoms with Crippen molar-refractivity contribution in [3.63, 3.8) is 0 Å². The molecule has 0 spiro atoms. The molecule has 0 heterocycles. The molecule has 6 nitrogen and oxygen atoms in total. The van der Waals surface area contributed by atoms with Crippen molar-refractivity contribution < 1.29 is 28.2 Å². The van der Waals surface area contributed by atoms with Crippen LogP contribution in [0.1, 0.15) is 68.1 Å². The summed E-state index contributed by atoms with van der Waals surface area (Å²) in [6.45, 7) is 12.9. The lowest BCUT2D eigenvalue weighted by Gasteiger charge is -2.29. The van der Waals surface area contributed by atoms with E-state index in [1.54, 1.807) is 63.2 Å². The zero-order valence-corrected chi connectivity index (χ0v) is 23.8. The van der Waals surface area contributed by atoms with Gasteiger partial charge in [-0.15, -0.1) is 0 Å². The molecule has 210 valence electrons. The van der Waals surface area contributed by atoms with Crippen molar-refractivity contribution in [1.29, 1.82) is 5.26 Å². The summed E-state index contributed by atoms with van der Waals surface area (Å²) >= 11 is 0. The smallest absolute Gasteiger partial charge is 0.343 e. The number of ketones is 1. The van der Waals surface area contributed by atoms with Crippen molar-refractivity contribution in [1.82, 2.24) is 0 Å². The summed E-state index contributed by atoms with van der Waals surface area (Å²) in [6.07, 6.45) is 0.511. The molecule has 0 aliphatic carbocycles. The standard InChI is InChI=1S/C34H32FNO5/c1-23(2)31(37)34(5,6)39-20-19-33(3,4)41-28-16-14-27(15-17-28)32(38)40-30-18-13-25(21-29(30)35)10-7-24-8-11-26(22-36)12-9-24/h8-9,11-18,21H,1,19-20H2,2-6H3. The minimum atomic E-state index is -0.969. The van der Waals surface area contributed by atoms with Gasteiger partial charge in [0, 0.05) is 17.5 Å². The third kappa shape index (κ3) is 8.89. The van der Waals surface area contributed by atoms with Crippen LogP contribution in [0.2, 0.25) is 0 Å². The fourth-order valence-electron chi connectivity index (χ4n) is 3.75. The predicted octanol–water partition coefficient (Wildman–Crippen LogP) is 6.80. The molecule has 0 atom stereocenters. The Labute approximate surface area is 240 Å². The van der Waals surface area contributed by atoms with Crippen LogP contribution in [0.15, 0.2) is 78.9 Å². The minimum absolute atomic E-state index is 0.150. The Hall–Kier alpha value is -4.72. The number of hydrogen-bond donors (Lipinski definition) is 0. The highest BCUT2D eigenvalue weighted by Crippen LogP contribution is 2.25. The van der Waals surface area contributed by atoms with Crippen molar-refractivity contribution in [2.45, 2.75) is 52.2 Å². The van der Waals surface area contributed by atoms with E-state index >= 15 is 0 Å². The average Bonchev–Trinajstić information content (AvgIpc) is 2.92. The van der Waals surface area contributed by atoms with E-state index < -0.39 is 23.0 Å². The quantitative estimate of drug-likeness (QED) is 0.119. The van der Waals surface area contributed by atoms with Gasteiger partial charge < -0.3 is 14.2 Å². The maximum absolute atomic E-state index is 14.6. The third-order valence-corrected chi connectivity index (χ3v) is 6.09. The minimum Gasteiger partial charge on any atom is -0.488 e. The summed E-state index contributed by atoms with van der Waals surface area (Å²) in [5.41, 5.74) is 0.701. The Morgan fingerprint density at radius 2 is 1.49 bits per heavy atom. The van der Waals surface area contributed by atoms with Crippen molar-refractivity contribution in [3.05, 3.63) is 107 Å².